The molecule has 0 saturated carbocycles. The Morgan fingerprint density at radius 2 is 2.07 bits per heavy atom. The van der Waals surface area contributed by atoms with E-state index in [-0.39, 0.29) is 0 Å². The van der Waals surface area contributed by atoms with Crippen LogP contribution in [0.5, 0.6) is 0 Å². The van der Waals surface area contributed by atoms with Crippen molar-refractivity contribution in [3.8, 4) is 0 Å². The van der Waals surface area contributed by atoms with Gasteiger partial charge in [0.2, 0.25) is 0 Å². The molecule has 0 aliphatic carbocycles. The van der Waals surface area contributed by atoms with E-state index in [0.29, 0.717) is 18.8 Å². The van der Waals surface area contributed by atoms with Crippen molar-refractivity contribution in [2.45, 2.75) is 13.0 Å². The van der Waals surface area contributed by atoms with Crippen LogP contribution >= 0.6 is 0 Å². The van der Waals surface area contributed by atoms with Crippen molar-refractivity contribution in [1.82, 2.24) is 5.32 Å². The third-order valence-corrected chi connectivity index (χ3v) is 1.97. The maximum Gasteiger partial charge on any atom is 0.159 e. The highest BCUT2D eigenvalue weighted by Crippen LogP contribution is 2.09. The average molecular weight is 215 g/mol. The highest BCUT2D eigenvalue weighted by Gasteiger charge is 2.01. The molecule has 1 aromatic carbocycles. The highest BCUT2D eigenvalue weighted by atomic mass is 19.2. The lowest BCUT2D eigenvalue weighted by atomic mass is 10.2. The second-order valence-corrected chi connectivity index (χ2v) is 3.26. The van der Waals surface area contributed by atoms with Crippen LogP contribution in [0.2, 0.25) is 0 Å². The van der Waals surface area contributed by atoms with Gasteiger partial charge in [0.05, 0.1) is 6.61 Å². The van der Waals surface area contributed by atoms with Gasteiger partial charge in [-0.1, -0.05) is 6.07 Å². The summed E-state index contributed by atoms with van der Waals surface area (Å²) in [7, 11) is 1.87. The fourth-order valence-electron chi connectivity index (χ4n) is 1.17. The number of rotatable bonds is 6. The minimum atomic E-state index is -0.827. The minimum Gasteiger partial charge on any atom is -0.377 e. The van der Waals surface area contributed by atoms with E-state index in [1.807, 2.05) is 7.05 Å². The van der Waals surface area contributed by atoms with Crippen LogP contribution in [-0.4, -0.2) is 20.2 Å². The molecule has 1 aromatic rings. The van der Waals surface area contributed by atoms with Crippen LogP contribution in [-0.2, 0) is 11.3 Å². The molecule has 4 heteroatoms. The molecule has 0 atom stereocenters. The number of halogens is 2. The van der Waals surface area contributed by atoms with Gasteiger partial charge in [-0.3, -0.25) is 0 Å². The van der Waals surface area contributed by atoms with E-state index in [4.69, 9.17) is 4.74 Å². The predicted molar refractivity (Wildman–Crippen MR) is 54.6 cm³/mol. The highest BCUT2D eigenvalue weighted by molar-refractivity contribution is 5.16. The topological polar surface area (TPSA) is 21.3 Å². The molecule has 0 amide bonds. The van der Waals surface area contributed by atoms with Crippen LogP contribution in [0.25, 0.3) is 0 Å². The smallest absolute Gasteiger partial charge is 0.159 e. The summed E-state index contributed by atoms with van der Waals surface area (Å²) >= 11 is 0. The van der Waals surface area contributed by atoms with Gasteiger partial charge in [-0.15, -0.1) is 0 Å². The minimum absolute atomic E-state index is 0.320. The molecule has 0 spiro atoms. The van der Waals surface area contributed by atoms with Gasteiger partial charge in [-0.2, -0.15) is 0 Å². The Bertz CT molecular complexity index is 305. The summed E-state index contributed by atoms with van der Waals surface area (Å²) in [4.78, 5) is 0. The SMILES string of the molecule is CNCCCOCc1ccc(F)c(F)c1. The van der Waals surface area contributed by atoms with Crippen LogP contribution in [0, 0.1) is 11.6 Å². The second kappa shape index (κ2) is 6.48. The van der Waals surface area contributed by atoms with Crippen LogP contribution in [0.3, 0.4) is 0 Å². The van der Waals surface area contributed by atoms with Crippen LogP contribution < -0.4 is 5.32 Å². The van der Waals surface area contributed by atoms with Crippen molar-refractivity contribution in [3.05, 3.63) is 35.4 Å². The van der Waals surface area contributed by atoms with Crippen LogP contribution in [0.4, 0.5) is 8.78 Å². The Labute approximate surface area is 88.3 Å². The number of benzene rings is 1. The third kappa shape index (κ3) is 4.36. The monoisotopic (exact) mass is 215 g/mol. The molecule has 1 rings (SSSR count). The normalized spacial score (nSPS) is 10.6. The average Bonchev–Trinajstić information content (AvgIpc) is 2.23. The van der Waals surface area contributed by atoms with Crippen molar-refractivity contribution in [3.63, 3.8) is 0 Å². The maximum absolute atomic E-state index is 12.8. The van der Waals surface area contributed by atoms with Gasteiger partial charge in [0, 0.05) is 6.61 Å². The molecular formula is C11H15F2NO. The van der Waals surface area contributed by atoms with E-state index in [2.05, 4.69) is 5.32 Å². The van der Waals surface area contributed by atoms with Crippen molar-refractivity contribution in [1.29, 1.82) is 0 Å². The molecule has 0 fully saturated rings. The van der Waals surface area contributed by atoms with E-state index < -0.39 is 11.6 Å². The van der Waals surface area contributed by atoms with Crippen molar-refractivity contribution in [2.75, 3.05) is 20.2 Å². The Hall–Kier alpha value is -1.00. The summed E-state index contributed by atoms with van der Waals surface area (Å²) in [6.07, 6.45) is 0.903. The Kier molecular flexibility index (Phi) is 5.21. The summed E-state index contributed by atoms with van der Waals surface area (Å²) < 4.78 is 30.6. The number of nitrogens with one attached hydrogen (secondary N) is 1. The van der Waals surface area contributed by atoms with E-state index in [1.165, 1.54) is 6.07 Å². The van der Waals surface area contributed by atoms with Crippen molar-refractivity contribution >= 4 is 0 Å². The molecule has 1 N–H and O–H groups in total. The van der Waals surface area contributed by atoms with Crippen molar-refractivity contribution in [2.24, 2.45) is 0 Å². The van der Waals surface area contributed by atoms with E-state index in [0.717, 1.165) is 25.1 Å². The first-order valence-corrected chi connectivity index (χ1v) is 4.90. The van der Waals surface area contributed by atoms with E-state index >= 15 is 0 Å². The quantitative estimate of drug-likeness (QED) is 0.734. The van der Waals surface area contributed by atoms with Crippen LogP contribution in [0.1, 0.15) is 12.0 Å². The molecule has 84 valence electrons. The lowest BCUT2D eigenvalue weighted by Gasteiger charge is -2.04. The molecule has 0 aliphatic heterocycles. The molecule has 0 aromatic heterocycles. The van der Waals surface area contributed by atoms with Gasteiger partial charge in [-0.05, 0) is 37.7 Å². The first-order chi connectivity index (χ1) is 7.24. The molecular weight excluding hydrogens is 200 g/mol. The third-order valence-electron chi connectivity index (χ3n) is 1.97. The largest absolute Gasteiger partial charge is 0.377 e. The number of ether oxygens (including phenoxy) is 1. The van der Waals surface area contributed by atoms with Gasteiger partial charge >= 0.3 is 0 Å². The van der Waals surface area contributed by atoms with Crippen molar-refractivity contribution < 1.29 is 13.5 Å². The molecule has 0 bridgehead atoms. The fraction of sp³-hybridized carbons (Fsp3) is 0.455. The lowest BCUT2D eigenvalue weighted by Crippen LogP contribution is -2.10. The lowest BCUT2D eigenvalue weighted by molar-refractivity contribution is 0.118. The molecule has 0 saturated heterocycles. The zero-order chi connectivity index (χ0) is 11.1. The first kappa shape index (κ1) is 12.1. The molecule has 0 heterocycles. The second-order valence-electron chi connectivity index (χ2n) is 3.26. The maximum atomic E-state index is 12.8. The summed E-state index contributed by atoms with van der Waals surface area (Å²) in [5.41, 5.74) is 0.651. The van der Waals surface area contributed by atoms with Gasteiger partial charge in [0.1, 0.15) is 0 Å². The van der Waals surface area contributed by atoms with Gasteiger partial charge in [-0.25, -0.2) is 8.78 Å². The van der Waals surface area contributed by atoms with Gasteiger partial charge < -0.3 is 10.1 Å². The summed E-state index contributed by atoms with van der Waals surface area (Å²) in [5, 5.41) is 2.99. The molecule has 0 radical (unpaired) electrons. The molecule has 0 unspecified atom stereocenters. The standard InChI is InChI=1S/C11H15F2NO/c1-14-5-2-6-15-8-9-3-4-10(12)11(13)7-9/h3-4,7,14H,2,5-6,8H2,1H3. The predicted octanol–water partition coefficient (Wildman–Crippen LogP) is 2.09. The first-order valence-electron chi connectivity index (χ1n) is 4.90. The number of hydrogen-bond donors (Lipinski definition) is 1. The Morgan fingerprint density at radius 3 is 2.73 bits per heavy atom. The zero-order valence-electron chi connectivity index (χ0n) is 8.72. The Balaban J connectivity index is 2.28. The van der Waals surface area contributed by atoms with E-state index in [9.17, 15) is 8.78 Å². The van der Waals surface area contributed by atoms with Crippen LogP contribution in [0.15, 0.2) is 18.2 Å². The summed E-state index contributed by atoms with van der Waals surface area (Å²) in [6, 6.07) is 3.80. The zero-order valence-corrected chi connectivity index (χ0v) is 8.72. The molecule has 0 aliphatic rings. The van der Waals surface area contributed by atoms with E-state index in [1.54, 1.807) is 0 Å². The molecule has 2 nitrogen and oxygen atoms in total. The fourth-order valence-corrected chi connectivity index (χ4v) is 1.17. The summed E-state index contributed by atoms with van der Waals surface area (Å²) in [5.74, 6) is -1.65. The number of hydrogen-bond acceptors (Lipinski definition) is 2. The molecule has 15 heavy (non-hydrogen) atoms. The Morgan fingerprint density at radius 1 is 1.27 bits per heavy atom. The van der Waals surface area contributed by atoms with Gasteiger partial charge in [0.25, 0.3) is 0 Å². The van der Waals surface area contributed by atoms with Gasteiger partial charge in [0.15, 0.2) is 11.6 Å². The summed E-state index contributed by atoms with van der Waals surface area (Å²) in [6.45, 7) is 1.82.